The Hall–Kier alpha value is -3.03. The van der Waals surface area contributed by atoms with Gasteiger partial charge in [0.1, 0.15) is 5.82 Å². The minimum Gasteiger partial charge on any atom is -0.494 e. The van der Waals surface area contributed by atoms with E-state index in [0.29, 0.717) is 37.5 Å². The standard InChI is InChI=1S/C20H19F3N4O/c1-28-17-7-6-13(12-15(17)21)26-8-10-27(11-9-26)20-14-4-2-3-5-16(14)24-19(25-20)18(22)23/h2-7,12,18H,8-11H2,1H3. The van der Waals surface area contributed by atoms with Crippen LogP contribution >= 0.6 is 0 Å². The number of rotatable bonds is 4. The SMILES string of the molecule is COc1ccc(N2CCN(c3nc(C(F)F)nc4ccccc34)CC2)cc1F. The molecule has 1 fully saturated rings. The Morgan fingerprint density at radius 2 is 1.68 bits per heavy atom. The lowest BCUT2D eigenvalue weighted by Crippen LogP contribution is -2.47. The van der Waals surface area contributed by atoms with Crippen molar-refractivity contribution in [3.05, 3.63) is 54.1 Å². The van der Waals surface area contributed by atoms with Crippen LogP contribution in [-0.4, -0.2) is 43.3 Å². The van der Waals surface area contributed by atoms with E-state index in [1.54, 1.807) is 18.2 Å². The first-order valence-electron chi connectivity index (χ1n) is 8.95. The zero-order chi connectivity index (χ0) is 19.7. The van der Waals surface area contributed by atoms with Crippen molar-refractivity contribution in [2.75, 3.05) is 43.1 Å². The number of fused-ring (bicyclic) bond motifs is 1. The summed E-state index contributed by atoms with van der Waals surface area (Å²) in [5.74, 6) is -0.157. The molecule has 0 bridgehead atoms. The first-order valence-corrected chi connectivity index (χ1v) is 8.95. The van der Waals surface area contributed by atoms with Gasteiger partial charge in [-0.15, -0.1) is 0 Å². The number of aromatic nitrogens is 2. The van der Waals surface area contributed by atoms with Crippen LogP contribution in [0.2, 0.25) is 0 Å². The lowest BCUT2D eigenvalue weighted by Gasteiger charge is -2.37. The average molecular weight is 388 g/mol. The van der Waals surface area contributed by atoms with Crippen molar-refractivity contribution in [1.82, 2.24) is 9.97 Å². The van der Waals surface area contributed by atoms with Gasteiger partial charge in [-0.05, 0) is 24.3 Å². The molecule has 1 saturated heterocycles. The van der Waals surface area contributed by atoms with Crippen LogP contribution in [0.1, 0.15) is 12.2 Å². The largest absolute Gasteiger partial charge is 0.494 e. The van der Waals surface area contributed by atoms with Crippen molar-refractivity contribution in [3.63, 3.8) is 0 Å². The summed E-state index contributed by atoms with van der Waals surface area (Å²) in [4.78, 5) is 12.1. The van der Waals surface area contributed by atoms with Gasteiger partial charge in [-0.2, -0.15) is 0 Å². The normalized spacial score (nSPS) is 14.8. The molecule has 1 aromatic heterocycles. The summed E-state index contributed by atoms with van der Waals surface area (Å²) in [7, 11) is 1.43. The van der Waals surface area contributed by atoms with Crippen LogP contribution in [0.3, 0.4) is 0 Å². The highest BCUT2D eigenvalue weighted by Gasteiger charge is 2.23. The molecule has 2 heterocycles. The van der Waals surface area contributed by atoms with Gasteiger partial charge in [0.15, 0.2) is 17.4 Å². The molecule has 2 aromatic carbocycles. The van der Waals surface area contributed by atoms with E-state index in [0.717, 1.165) is 11.1 Å². The van der Waals surface area contributed by atoms with Crippen molar-refractivity contribution in [3.8, 4) is 5.75 Å². The number of ether oxygens (including phenoxy) is 1. The van der Waals surface area contributed by atoms with Gasteiger partial charge in [-0.3, -0.25) is 0 Å². The molecule has 0 amide bonds. The van der Waals surface area contributed by atoms with Gasteiger partial charge in [-0.25, -0.2) is 23.1 Å². The second-order valence-electron chi connectivity index (χ2n) is 6.52. The van der Waals surface area contributed by atoms with E-state index in [2.05, 4.69) is 14.9 Å². The number of para-hydroxylation sites is 1. The molecular weight excluding hydrogens is 369 g/mol. The molecule has 1 aliphatic heterocycles. The van der Waals surface area contributed by atoms with Gasteiger partial charge in [0.25, 0.3) is 6.43 Å². The van der Waals surface area contributed by atoms with E-state index in [1.807, 2.05) is 23.1 Å². The van der Waals surface area contributed by atoms with Crippen molar-refractivity contribution < 1.29 is 17.9 Å². The minimum atomic E-state index is -2.73. The maximum absolute atomic E-state index is 14.0. The zero-order valence-electron chi connectivity index (χ0n) is 15.3. The predicted molar refractivity (Wildman–Crippen MR) is 102 cm³/mol. The molecule has 0 saturated carbocycles. The van der Waals surface area contributed by atoms with Gasteiger partial charge >= 0.3 is 0 Å². The van der Waals surface area contributed by atoms with Gasteiger partial charge in [0.2, 0.25) is 0 Å². The fourth-order valence-electron chi connectivity index (χ4n) is 3.44. The highest BCUT2D eigenvalue weighted by atomic mass is 19.3. The number of hydrogen-bond donors (Lipinski definition) is 0. The van der Waals surface area contributed by atoms with Crippen molar-refractivity contribution in [2.45, 2.75) is 6.43 Å². The van der Waals surface area contributed by atoms with Gasteiger partial charge in [0, 0.05) is 43.3 Å². The van der Waals surface area contributed by atoms with Crippen LogP contribution in [0.15, 0.2) is 42.5 Å². The number of benzene rings is 2. The van der Waals surface area contributed by atoms with Gasteiger partial charge in [0.05, 0.1) is 12.6 Å². The van der Waals surface area contributed by atoms with E-state index in [1.165, 1.54) is 13.2 Å². The quantitative estimate of drug-likeness (QED) is 0.675. The van der Waals surface area contributed by atoms with E-state index in [-0.39, 0.29) is 5.75 Å². The molecule has 4 rings (SSSR count). The molecule has 0 radical (unpaired) electrons. The third kappa shape index (κ3) is 3.42. The van der Waals surface area contributed by atoms with Crippen LogP contribution in [0, 0.1) is 5.82 Å². The first-order chi connectivity index (χ1) is 13.6. The lowest BCUT2D eigenvalue weighted by molar-refractivity contribution is 0.141. The molecule has 5 nitrogen and oxygen atoms in total. The van der Waals surface area contributed by atoms with Crippen LogP contribution in [0.25, 0.3) is 10.9 Å². The van der Waals surface area contributed by atoms with Crippen LogP contribution < -0.4 is 14.5 Å². The van der Waals surface area contributed by atoms with Crippen molar-refractivity contribution >= 4 is 22.4 Å². The zero-order valence-corrected chi connectivity index (χ0v) is 15.3. The second kappa shape index (κ2) is 7.53. The monoisotopic (exact) mass is 388 g/mol. The molecular formula is C20H19F3N4O. The Bertz CT molecular complexity index is 990. The number of methoxy groups -OCH3 is 1. The number of anilines is 2. The van der Waals surface area contributed by atoms with Crippen molar-refractivity contribution in [1.29, 1.82) is 0 Å². The van der Waals surface area contributed by atoms with E-state index < -0.39 is 18.1 Å². The summed E-state index contributed by atoms with van der Waals surface area (Å²) in [5, 5.41) is 0.746. The molecule has 1 aliphatic rings. The Morgan fingerprint density at radius 3 is 2.36 bits per heavy atom. The molecule has 0 spiro atoms. The summed E-state index contributed by atoms with van der Waals surface area (Å²) < 4.78 is 45.4. The molecule has 3 aromatic rings. The molecule has 0 unspecified atom stereocenters. The number of hydrogen-bond acceptors (Lipinski definition) is 5. The minimum absolute atomic E-state index is 0.203. The lowest BCUT2D eigenvalue weighted by atomic mass is 10.2. The molecule has 0 atom stereocenters. The van der Waals surface area contributed by atoms with Gasteiger partial charge < -0.3 is 14.5 Å². The Morgan fingerprint density at radius 1 is 0.964 bits per heavy atom. The Balaban J connectivity index is 1.58. The van der Waals surface area contributed by atoms with E-state index in [9.17, 15) is 13.2 Å². The summed E-state index contributed by atoms with van der Waals surface area (Å²) in [6, 6.07) is 12.0. The number of alkyl halides is 2. The number of nitrogens with zero attached hydrogens (tertiary/aromatic N) is 4. The fourth-order valence-corrected chi connectivity index (χ4v) is 3.44. The summed E-state index contributed by atoms with van der Waals surface area (Å²) in [5.41, 5.74) is 1.27. The third-order valence-electron chi connectivity index (χ3n) is 4.88. The van der Waals surface area contributed by atoms with E-state index >= 15 is 0 Å². The highest BCUT2D eigenvalue weighted by molar-refractivity contribution is 5.89. The highest BCUT2D eigenvalue weighted by Crippen LogP contribution is 2.29. The summed E-state index contributed by atoms with van der Waals surface area (Å²) in [6.45, 7) is 2.40. The molecule has 8 heteroatoms. The Kier molecular flexibility index (Phi) is 4.93. The first kappa shape index (κ1) is 18.3. The second-order valence-corrected chi connectivity index (χ2v) is 6.52. The predicted octanol–water partition coefficient (Wildman–Crippen LogP) is 4.04. The summed E-state index contributed by atoms with van der Waals surface area (Å²) >= 11 is 0. The van der Waals surface area contributed by atoms with Crippen molar-refractivity contribution in [2.24, 2.45) is 0 Å². The molecule has 146 valence electrons. The maximum atomic E-state index is 14.0. The van der Waals surface area contributed by atoms with Gasteiger partial charge in [-0.1, -0.05) is 12.1 Å². The molecule has 0 aliphatic carbocycles. The molecule has 28 heavy (non-hydrogen) atoms. The maximum Gasteiger partial charge on any atom is 0.297 e. The third-order valence-corrected chi connectivity index (χ3v) is 4.88. The van der Waals surface area contributed by atoms with Crippen LogP contribution in [-0.2, 0) is 0 Å². The van der Waals surface area contributed by atoms with Crippen LogP contribution in [0.5, 0.6) is 5.75 Å². The van der Waals surface area contributed by atoms with E-state index in [4.69, 9.17) is 4.74 Å². The fraction of sp³-hybridized carbons (Fsp3) is 0.300. The average Bonchev–Trinajstić information content (AvgIpc) is 2.73. The smallest absolute Gasteiger partial charge is 0.297 e. The summed E-state index contributed by atoms with van der Waals surface area (Å²) in [6.07, 6.45) is -2.73. The molecule has 0 N–H and O–H groups in total. The Labute approximate surface area is 160 Å². The number of piperazine rings is 1. The number of halogens is 3. The topological polar surface area (TPSA) is 41.5 Å². The van der Waals surface area contributed by atoms with Crippen LogP contribution in [0.4, 0.5) is 24.7 Å².